The summed E-state index contributed by atoms with van der Waals surface area (Å²) in [4.78, 5) is 38.5. The molecule has 0 saturated heterocycles. The van der Waals surface area contributed by atoms with Gasteiger partial charge in [-0.25, -0.2) is 9.59 Å². The lowest BCUT2D eigenvalue weighted by atomic mass is 9.98. The van der Waals surface area contributed by atoms with Gasteiger partial charge in [-0.2, -0.15) is 0 Å². The first-order valence-corrected chi connectivity index (χ1v) is 11.5. The molecule has 0 radical (unpaired) electrons. The van der Waals surface area contributed by atoms with Crippen LogP contribution in [-0.4, -0.2) is 53.7 Å². The standard InChI is InChI=1S/C27H32N2O5/c1-5-24(26(31)32)29(4)25(30)23(15-14-17(2)3)28-27(33)34-16-22-20-12-8-6-10-18(20)19-11-7-9-13-21(19)22/h6-14,22-24H,5,15-16H2,1-4H3,(H,28,33)(H,31,32). The Kier molecular flexibility index (Phi) is 8.10. The Hall–Kier alpha value is -3.61. The molecule has 7 heteroatoms. The third-order valence-corrected chi connectivity index (χ3v) is 6.18. The summed E-state index contributed by atoms with van der Waals surface area (Å²) in [6.07, 6.45) is 1.63. The highest BCUT2D eigenvalue weighted by Gasteiger charge is 2.32. The Morgan fingerprint density at radius 2 is 1.62 bits per heavy atom. The van der Waals surface area contributed by atoms with Crippen molar-refractivity contribution in [1.82, 2.24) is 10.2 Å². The number of hydrogen-bond donors (Lipinski definition) is 2. The Bertz CT molecular complexity index is 1040. The maximum atomic E-state index is 13.0. The third-order valence-electron chi connectivity index (χ3n) is 6.18. The van der Waals surface area contributed by atoms with Gasteiger partial charge in [-0.3, -0.25) is 4.79 Å². The topological polar surface area (TPSA) is 95.9 Å². The number of amides is 2. The molecule has 0 aromatic heterocycles. The third kappa shape index (κ3) is 5.47. The van der Waals surface area contributed by atoms with Crippen LogP contribution in [0.25, 0.3) is 11.1 Å². The lowest BCUT2D eigenvalue weighted by Gasteiger charge is -2.28. The highest BCUT2D eigenvalue weighted by Crippen LogP contribution is 2.44. The zero-order valence-corrected chi connectivity index (χ0v) is 20.1. The number of carbonyl (C=O) groups is 3. The van der Waals surface area contributed by atoms with E-state index in [4.69, 9.17) is 4.74 Å². The zero-order chi connectivity index (χ0) is 24.8. The van der Waals surface area contributed by atoms with Gasteiger partial charge in [0.15, 0.2) is 0 Å². The van der Waals surface area contributed by atoms with Crippen LogP contribution in [0.3, 0.4) is 0 Å². The number of carboxylic acid groups (broad SMARTS) is 1. The Morgan fingerprint density at radius 3 is 2.12 bits per heavy atom. The van der Waals surface area contributed by atoms with Crippen molar-refractivity contribution >= 4 is 18.0 Å². The van der Waals surface area contributed by atoms with Crippen LogP contribution in [0.15, 0.2) is 60.2 Å². The van der Waals surface area contributed by atoms with Crippen molar-refractivity contribution in [2.45, 2.75) is 51.6 Å². The second kappa shape index (κ2) is 11.0. The largest absolute Gasteiger partial charge is 0.480 e. The number of benzene rings is 2. The van der Waals surface area contributed by atoms with Gasteiger partial charge in [0.05, 0.1) is 0 Å². The van der Waals surface area contributed by atoms with Crippen LogP contribution in [0.4, 0.5) is 4.79 Å². The first-order chi connectivity index (χ1) is 16.2. The smallest absolute Gasteiger partial charge is 0.407 e. The molecule has 0 saturated carbocycles. The number of alkyl carbamates (subject to hydrolysis) is 1. The fraction of sp³-hybridized carbons (Fsp3) is 0.370. The van der Waals surface area contributed by atoms with E-state index >= 15 is 0 Å². The maximum absolute atomic E-state index is 13.0. The van der Waals surface area contributed by atoms with Crippen molar-refractivity contribution in [1.29, 1.82) is 0 Å². The monoisotopic (exact) mass is 464 g/mol. The molecule has 2 atom stereocenters. The van der Waals surface area contributed by atoms with Gasteiger partial charge in [0, 0.05) is 13.0 Å². The van der Waals surface area contributed by atoms with Crippen LogP contribution in [0.5, 0.6) is 0 Å². The molecule has 34 heavy (non-hydrogen) atoms. The summed E-state index contributed by atoms with van der Waals surface area (Å²) in [7, 11) is 1.44. The number of hydrogen-bond acceptors (Lipinski definition) is 4. The average molecular weight is 465 g/mol. The first-order valence-electron chi connectivity index (χ1n) is 11.5. The molecule has 7 nitrogen and oxygen atoms in total. The summed E-state index contributed by atoms with van der Waals surface area (Å²) >= 11 is 0. The predicted octanol–water partition coefficient (Wildman–Crippen LogP) is 4.57. The fourth-order valence-corrected chi connectivity index (χ4v) is 4.37. The number of fused-ring (bicyclic) bond motifs is 3. The summed E-state index contributed by atoms with van der Waals surface area (Å²) < 4.78 is 5.58. The van der Waals surface area contributed by atoms with Crippen molar-refractivity contribution in [3.8, 4) is 11.1 Å². The highest BCUT2D eigenvalue weighted by molar-refractivity contribution is 5.89. The number of nitrogens with one attached hydrogen (secondary N) is 1. The van der Waals surface area contributed by atoms with Gasteiger partial charge in [-0.1, -0.05) is 67.1 Å². The minimum absolute atomic E-state index is 0.0933. The van der Waals surface area contributed by atoms with E-state index in [0.29, 0.717) is 0 Å². The molecule has 2 unspecified atom stereocenters. The van der Waals surface area contributed by atoms with Gasteiger partial charge in [-0.05, 0) is 48.9 Å². The minimum atomic E-state index is -1.08. The minimum Gasteiger partial charge on any atom is -0.480 e. The van der Waals surface area contributed by atoms with E-state index < -0.39 is 30.1 Å². The number of likely N-dealkylation sites (N-methyl/N-ethyl adjacent to an activating group) is 1. The number of aliphatic carboxylic acids is 1. The lowest BCUT2D eigenvalue weighted by molar-refractivity contribution is -0.149. The molecule has 2 N–H and O–H groups in total. The van der Waals surface area contributed by atoms with Crippen molar-refractivity contribution in [2.24, 2.45) is 0 Å². The normalized spacial score (nSPS) is 13.8. The summed E-state index contributed by atoms with van der Waals surface area (Å²) in [6.45, 7) is 5.62. The van der Waals surface area contributed by atoms with E-state index in [1.54, 1.807) is 6.92 Å². The van der Waals surface area contributed by atoms with E-state index in [2.05, 4.69) is 17.4 Å². The molecule has 0 fully saturated rings. The molecule has 0 bridgehead atoms. The van der Waals surface area contributed by atoms with Crippen molar-refractivity contribution in [3.05, 3.63) is 71.3 Å². The van der Waals surface area contributed by atoms with E-state index in [0.717, 1.165) is 27.8 Å². The van der Waals surface area contributed by atoms with Gasteiger partial charge in [0.25, 0.3) is 0 Å². The highest BCUT2D eigenvalue weighted by atomic mass is 16.5. The molecule has 0 aliphatic heterocycles. The van der Waals surface area contributed by atoms with Gasteiger partial charge in [0.2, 0.25) is 5.91 Å². The maximum Gasteiger partial charge on any atom is 0.407 e. The molecule has 2 amide bonds. The summed E-state index contributed by atoms with van der Waals surface area (Å²) in [5.74, 6) is -1.65. The van der Waals surface area contributed by atoms with Crippen LogP contribution in [0.2, 0.25) is 0 Å². The summed E-state index contributed by atoms with van der Waals surface area (Å²) in [6, 6.07) is 14.2. The van der Waals surface area contributed by atoms with E-state index in [1.165, 1.54) is 11.9 Å². The van der Waals surface area contributed by atoms with Crippen molar-refractivity contribution in [3.63, 3.8) is 0 Å². The molecule has 180 valence electrons. The number of carbonyl (C=O) groups excluding carboxylic acids is 2. The molecule has 1 aliphatic rings. The van der Waals surface area contributed by atoms with Crippen LogP contribution in [-0.2, 0) is 14.3 Å². The van der Waals surface area contributed by atoms with Gasteiger partial charge < -0.3 is 20.1 Å². The zero-order valence-electron chi connectivity index (χ0n) is 20.1. The Balaban J connectivity index is 1.72. The summed E-state index contributed by atoms with van der Waals surface area (Å²) in [5.41, 5.74) is 5.44. The van der Waals surface area contributed by atoms with Crippen LogP contribution >= 0.6 is 0 Å². The molecule has 0 spiro atoms. The second-order valence-corrected chi connectivity index (χ2v) is 8.75. The fourth-order valence-electron chi connectivity index (χ4n) is 4.37. The van der Waals surface area contributed by atoms with Gasteiger partial charge >= 0.3 is 12.1 Å². The molecule has 0 heterocycles. The van der Waals surface area contributed by atoms with E-state index in [-0.39, 0.29) is 25.4 Å². The summed E-state index contributed by atoms with van der Waals surface area (Å²) in [5, 5.41) is 12.1. The second-order valence-electron chi connectivity index (χ2n) is 8.75. The lowest BCUT2D eigenvalue weighted by Crippen LogP contribution is -2.52. The molecule has 2 aromatic rings. The number of rotatable bonds is 9. The van der Waals surface area contributed by atoms with E-state index in [1.807, 2.05) is 56.3 Å². The van der Waals surface area contributed by atoms with Gasteiger partial charge in [-0.15, -0.1) is 0 Å². The Morgan fingerprint density at radius 1 is 1.06 bits per heavy atom. The van der Waals surface area contributed by atoms with Crippen LogP contribution in [0.1, 0.15) is 50.7 Å². The quantitative estimate of drug-likeness (QED) is 0.530. The number of nitrogens with zero attached hydrogens (tertiary/aromatic N) is 1. The molecule has 2 aromatic carbocycles. The first kappa shape index (κ1) is 25.0. The molecule has 3 rings (SSSR count). The SMILES string of the molecule is CCC(C(=O)O)N(C)C(=O)C(CC=C(C)C)NC(=O)OCC1c2ccccc2-c2ccccc21. The van der Waals surface area contributed by atoms with Crippen molar-refractivity contribution < 1.29 is 24.2 Å². The van der Waals surface area contributed by atoms with Crippen LogP contribution < -0.4 is 5.32 Å². The molecular weight excluding hydrogens is 432 g/mol. The number of allylic oxidation sites excluding steroid dienone is 1. The number of carboxylic acids is 1. The van der Waals surface area contributed by atoms with Crippen LogP contribution in [0, 0.1) is 0 Å². The number of ether oxygens (including phenoxy) is 1. The van der Waals surface area contributed by atoms with E-state index in [9.17, 15) is 19.5 Å². The van der Waals surface area contributed by atoms with Crippen molar-refractivity contribution in [2.75, 3.05) is 13.7 Å². The molecular formula is C27H32N2O5. The average Bonchev–Trinajstić information content (AvgIpc) is 3.13. The molecule has 1 aliphatic carbocycles. The Labute approximate surface area is 200 Å². The van der Waals surface area contributed by atoms with Gasteiger partial charge in [0.1, 0.15) is 18.7 Å². The predicted molar refractivity (Wildman–Crippen MR) is 131 cm³/mol.